The number of cyclic esters (lactones) is 1. The predicted octanol–water partition coefficient (Wildman–Crippen LogP) is 1.70. The van der Waals surface area contributed by atoms with Gasteiger partial charge >= 0.3 is 6.09 Å². The Hall–Kier alpha value is -1.59. The van der Waals surface area contributed by atoms with Crippen molar-refractivity contribution in [1.29, 1.82) is 0 Å². The molecule has 0 aliphatic carbocycles. The van der Waals surface area contributed by atoms with E-state index in [1.165, 1.54) is 0 Å². The molecule has 1 aromatic rings. The Morgan fingerprint density at radius 1 is 1.40 bits per heavy atom. The number of amides is 1. The smallest absolute Gasteiger partial charge is 0.407 e. The van der Waals surface area contributed by atoms with Crippen LogP contribution in [-0.4, -0.2) is 36.1 Å². The second kappa shape index (κ2) is 6.72. The molecule has 0 saturated carbocycles. The Bertz CT molecular complexity index is 435. The van der Waals surface area contributed by atoms with Gasteiger partial charge in [-0.15, -0.1) is 0 Å². The predicted molar refractivity (Wildman–Crippen MR) is 74.1 cm³/mol. The van der Waals surface area contributed by atoms with Gasteiger partial charge in [0, 0.05) is 0 Å². The van der Waals surface area contributed by atoms with Gasteiger partial charge in [0.05, 0.1) is 18.8 Å². The third-order valence-electron chi connectivity index (χ3n) is 3.39. The van der Waals surface area contributed by atoms with Crippen molar-refractivity contribution >= 4 is 6.09 Å². The van der Waals surface area contributed by atoms with Crippen LogP contribution >= 0.6 is 0 Å². The van der Waals surface area contributed by atoms with Crippen molar-refractivity contribution in [3.8, 4) is 0 Å². The van der Waals surface area contributed by atoms with Gasteiger partial charge in [-0.25, -0.2) is 4.79 Å². The first-order chi connectivity index (χ1) is 9.58. The van der Waals surface area contributed by atoms with Crippen LogP contribution in [0.5, 0.6) is 0 Å². The number of hydrogen-bond donors (Lipinski definition) is 2. The largest absolute Gasteiger partial charge is 0.447 e. The number of aliphatic hydroxyl groups excluding tert-OH is 1. The van der Waals surface area contributed by atoms with Crippen LogP contribution in [0, 0.1) is 5.92 Å². The molecule has 110 valence electrons. The van der Waals surface area contributed by atoms with E-state index in [4.69, 9.17) is 9.47 Å². The van der Waals surface area contributed by atoms with Gasteiger partial charge in [-0.1, -0.05) is 44.2 Å². The van der Waals surface area contributed by atoms with Crippen LogP contribution in [0.2, 0.25) is 0 Å². The highest BCUT2D eigenvalue weighted by atomic mass is 16.6. The molecule has 1 aromatic carbocycles. The topological polar surface area (TPSA) is 67.8 Å². The summed E-state index contributed by atoms with van der Waals surface area (Å²) in [7, 11) is 0. The van der Waals surface area contributed by atoms with E-state index >= 15 is 0 Å². The molecular weight excluding hydrogens is 258 g/mol. The number of ether oxygens (including phenoxy) is 2. The molecule has 20 heavy (non-hydrogen) atoms. The lowest BCUT2D eigenvalue weighted by Gasteiger charge is -2.29. The molecule has 1 heterocycles. The summed E-state index contributed by atoms with van der Waals surface area (Å²) in [5.74, 6) is 0.131. The zero-order chi connectivity index (χ0) is 14.5. The number of alkyl carbamates (subject to hydrolysis) is 1. The molecule has 2 rings (SSSR count). The van der Waals surface area contributed by atoms with Crippen molar-refractivity contribution in [2.45, 2.75) is 38.7 Å². The highest BCUT2D eigenvalue weighted by Crippen LogP contribution is 2.18. The van der Waals surface area contributed by atoms with Crippen LogP contribution in [0.3, 0.4) is 0 Å². The number of carbonyl (C=O) groups is 1. The summed E-state index contributed by atoms with van der Waals surface area (Å²) in [4.78, 5) is 11.0. The molecule has 5 heteroatoms. The van der Waals surface area contributed by atoms with Gasteiger partial charge in [-0.05, 0) is 11.5 Å². The van der Waals surface area contributed by atoms with Crippen molar-refractivity contribution in [1.82, 2.24) is 5.32 Å². The van der Waals surface area contributed by atoms with E-state index in [0.29, 0.717) is 6.61 Å². The van der Waals surface area contributed by atoms with Crippen LogP contribution in [0.4, 0.5) is 4.79 Å². The van der Waals surface area contributed by atoms with Crippen LogP contribution in [-0.2, 0) is 16.1 Å². The maximum absolute atomic E-state index is 11.0. The molecule has 1 amide bonds. The molecule has 1 aliphatic rings. The minimum absolute atomic E-state index is 0.131. The fourth-order valence-corrected chi connectivity index (χ4v) is 2.27. The minimum Gasteiger partial charge on any atom is -0.447 e. The Morgan fingerprint density at radius 2 is 2.10 bits per heavy atom. The molecule has 3 atom stereocenters. The van der Waals surface area contributed by atoms with E-state index in [1.54, 1.807) is 0 Å². The average Bonchev–Trinajstić information content (AvgIpc) is 2.86. The molecular formula is C15H21NO4. The van der Waals surface area contributed by atoms with Crippen LogP contribution in [0.25, 0.3) is 0 Å². The Balaban J connectivity index is 1.94. The fourth-order valence-electron chi connectivity index (χ4n) is 2.27. The van der Waals surface area contributed by atoms with Crippen molar-refractivity contribution in [3.05, 3.63) is 35.9 Å². The fraction of sp³-hybridized carbons (Fsp3) is 0.533. The number of carbonyl (C=O) groups excluding carboxylic acids is 1. The number of rotatable bonds is 6. The first kappa shape index (κ1) is 14.8. The lowest BCUT2D eigenvalue weighted by atomic mass is 9.96. The van der Waals surface area contributed by atoms with Crippen molar-refractivity contribution in [3.63, 3.8) is 0 Å². The molecule has 5 nitrogen and oxygen atoms in total. The molecule has 0 radical (unpaired) electrons. The third kappa shape index (κ3) is 3.71. The van der Waals surface area contributed by atoms with Gasteiger partial charge in [0.15, 0.2) is 0 Å². The summed E-state index contributed by atoms with van der Waals surface area (Å²) in [6.45, 7) is 4.58. The van der Waals surface area contributed by atoms with E-state index in [9.17, 15) is 9.90 Å². The Kier molecular flexibility index (Phi) is 4.98. The number of benzene rings is 1. The summed E-state index contributed by atoms with van der Waals surface area (Å²) >= 11 is 0. The first-order valence-corrected chi connectivity index (χ1v) is 6.85. The van der Waals surface area contributed by atoms with E-state index in [1.807, 2.05) is 44.2 Å². The molecule has 0 spiro atoms. The zero-order valence-corrected chi connectivity index (χ0v) is 11.8. The monoisotopic (exact) mass is 279 g/mol. The zero-order valence-electron chi connectivity index (χ0n) is 11.8. The average molecular weight is 279 g/mol. The maximum Gasteiger partial charge on any atom is 0.407 e. The summed E-state index contributed by atoms with van der Waals surface area (Å²) in [5.41, 5.74) is 1.05. The van der Waals surface area contributed by atoms with Crippen molar-refractivity contribution in [2.75, 3.05) is 6.61 Å². The van der Waals surface area contributed by atoms with Crippen molar-refractivity contribution in [2.24, 2.45) is 5.92 Å². The van der Waals surface area contributed by atoms with Gasteiger partial charge in [-0.2, -0.15) is 0 Å². The van der Waals surface area contributed by atoms with Gasteiger partial charge in [0.25, 0.3) is 0 Å². The second-order valence-electron chi connectivity index (χ2n) is 5.35. The van der Waals surface area contributed by atoms with Crippen LogP contribution < -0.4 is 5.32 Å². The maximum atomic E-state index is 11.0. The quantitative estimate of drug-likeness (QED) is 0.831. The van der Waals surface area contributed by atoms with E-state index < -0.39 is 18.2 Å². The number of aliphatic hydroxyl groups is 1. The first-order valence-electron chi connectivity index (χ1n) is 6.85. The minimum atomic E-state index is -0.787. The normalized spacial score (nSPS) is 21.4. The highest BCUT2D eigenvalue weighted by Gasteiger charge is 2.36. The summed E-state index contributed by atoms with van der Waals surface area (Å²) in [5, 5.41) is 13.0. The Labute approximate surface area is 118 Å². The molecule has 0 unspecified atom stereocenters. The van der Waals surface area contributed by atoms with Gasteiger partial charge < -0.3 is 19.9 Å². The Morgan fingerprint density at radius 3 is 2.65 bits per heavy atom. The third-order valence-corrected chi connectivity index (χ3v) is 3.39. The molecule has 0 bridgehead atoms. The molecule has 1 aliphatic heterocycles. The molecule has 0 aromatic heterocycles. The summed E-state index contributed by atoms with van der Waals surface area (Å²) < 4.78 is 10.7. The molecule has 2 N–H and O–H groups in total. The molecule has 1 saturated heterocycles. The standard InChI is InChI=1S/C15H21NO4/c1-10(2)14(13(17)12-9-20-15(18)16-12)19-8-11-6-4-3-5-7-11/h3-7,10,12-14,17H,8-9H2,1-2H3,(H,16,18)/t12-,13-,14-/m1/s1. The van der Waals surface area contributed by atoms with E-state index in [2.05, 4.69) is 5.32 Å². The lowest BCUT2D eigenvalue weighted by Crippen LogP contribution is -2.48. The molecule has 1 fully saturated rings. The summed E-state index contributed by atoms with van der Waals surface area (Å²) in [6.07, 6.45) is -1.63. The number of hydrogen-bond acceptors (Lipinski definition) is 4. The van der Waals surface area contributed by atoms with Gasteiger partial charge in [0.1, 0.15) is 12.7 Å². The SMILES string of the molecule is CC(C)[C@@H](OCc1ccccc1)[C@H](O)[C@H]1COC(=O)N1. The van der Waals surface area contributed by atoms with E-state index in [-0.39, 0.29) is 18.6 Å². The summed E-state index contributed by atoms with van der Waals surface area (Å²) in [6, 6.07) is 9.39. The lowest BCUT2D eigenvalue weighted by molar-refractivity contribution is -0.0804. The second-order valence-corrected chi connectivity index (χ2v) is 5.35. The van der Waals surface area contributed by atoms with Crippen molar-refractivity contribution < 1.29 is 19.4 Å². The van der Waals surface area contributed by atoms with Gasteiger partial charge in [-0.3, -0.25) is 0 Å². The highest BCUT2D eigenvalue weighted by molar-refractivity contribution is 5.69. The number of nitrogens with one attached hydrogen (secondary N) is 1. The van der Waals surface area contributed by atoms with E-state index in [0.717, 1.165) is 5.56 Å². The van der Waals surface area contributed by atoms with Gasteiger partial charge in [0.2, 0.25) is 0 Å². The van der Waals surface area contributed by atoms with Crippen LogP contribution in [0.1, 0.15) is 19.4 Å². The van der Waals surface area contributed by atoms with Crippen LogP contribution in [0.15, 0.2) is 30.3 Å².